The summed E-state index contributed by atoms with van der Waals surface area (Å²) in [6, 6.07) is 13.9. The van der Waals surface area contributed by atoms with E-state index in [1.807, 2.05) is 0 Å². The predicted molar refractivity (Wildman–Crippen MR) is 140 cm³/mol. The lowest BCUT2D eigenvalue weighted by Gasteiger charge is -2.28. The van der Waals surface area contributed by atoms with Gasteiger partial charge in [0.05, 0.1) is 11.3 Å². The number of benzene rings is 3. The second-order valence-corrected chi connectivity index (χ2v) is 10.8. The van der Waals surface area contributed by atoms with Gasteiger partial charge in [-0.25, -0.2) is 8.78 Å². The maximum Gasteiger partial charge on any atom is 0.252 e. The average molecular weight is 588 g/mol. The molecule has 0 bridgehead atoms. The fraction of sp³-hybridized carbons (Fsp3) is 0.222. The van der Waals surface area contributed by atoms with E-state index in [1.54, 1.807) is 36.4 Å². The second kappa shape index (κ2) is 10.4. The first-order valence-corrected chi connectivity index (χ1v) is 13.5. The molecule has 1 atom stereocenters. The van der Waals surface area contributed by atoms with E-state index in [1.165, 1.54) is 22.5 Å². The molecule has 1 unspecified atom stereocenters. The molecule has 0 aliphatic heterocycles. The number of hydrogen-bond donors (Lipinski definition) is 1. The van der Waals surface area contributed by atoms with E-state index >= 15 is 0 Å². The molecule has 1 fully saturated rings. The third kappa shape index (κ3) is 5.46. The molecule has 5 rings (SSSR count). The fourth-order valence-corrected chi connectivity index (χ4v) is 5.43. The largest absolute Gasteiger partial charge is 0.755 e. The molecule has 3 aromatic carbocycles. The van der Waals surface area contributed by atoms with Crippen molar-refractivity contribution in [3.63, 3.8) is 0 Å². The molecule has 1 aliphatic carbocycles. The zero-order valence-corrected chi connectivity index (χ0v) is 21.9. The number of anilines is 1. The summed E-state index contributed by atoms with van der Waals surface area (Å²) in [5.74, 6) is -1.02. The number of hydrogen-bond acceptors (Lipinski definition) is 4. The summed E-state index contributed by atoms with van der Waals surface area (Å²) in [6.45, 7) is 0.0196. The van der Waals surface area contributed by atoms with Crippen molar-refractivity contribution in [1.82, 2.24) is 0 Å². The second-order valence-electron chi connectivity index (χ2n) is 9.05. The van der Waals surface area contributed by atoms with Crippen molar-refractivity contribution in [3.05, 3.63) is 98.7 Å². The lowest BCUT2D eigenvalue weighted by molar-refractivity contribution is 0.1000. The lowest BCUT2D eigenvalue weighted by Crippen LogP contribution is -2.29. The Hall–Kier alpha value is -3.08. The lowest BCUT2D eigenvalue weighted by atomic mass is 10.0. The summed E-state index contributed by atoms with van der Waals surface area (Å²) in [5, 5.41) is 0.505. The SMILES string of the molecule is NC(=O)c1c(Cc2ccc(F)cc2)oc2cc(N(CCc3ccc(Br)cc3F)S(=O)[O-])c(C3CC3)cc12. The van der Waals surface area contributed by atoms with Crippen molar-refractivity contribution < 1.29 is 26.8 Å². The molecule has 37 heavy (non-hydrogen) atoms. The van der Waals surface area contributed by atoms with Gasteiger partial charge >= 0.3 is 0 Å². The van der Waals surface area contributed by atoms with Gasteiger partial charge < -0.3 is 19.0 Å². The Morgan fingerprint density at radius 3 is 2.49 bits per heavy atom. The molecular weight excluding hydrogens is 566 g/mol. The van der Waals surface area contributed by atoms with Crippen molar-refractivity contribution >= 4 is 49.8 Å². The van der Waals surface area contributed by atoms with Crippen LogP contribution in [0.4, 0.5) is 14.5 Å². The van der Waals surface area contributed by atoms with Crippen molar-refractivity contribution in [1.29, 1.82) is 0 Å². The normalized spacial score (nSPS) is 14.2. The highest BCUT2D eigenvalue weighted by Crippen LogP contribution is 2.47. The van der Waals surface area contributed by atoms with Crippen molar-refractivity contribution in [2.24, 2.45) is 5.73 Å². The van der Waals surface area contributed by atoms with Crippen LogP contribution < -0.4 is 10.0 Å². The Labute approximate surface area is 223 Å². The maximum atomic E-state index is 14.4. The summed E-state index contributed by atoms with van der Waals surface area (Å²) >= 11 is 0.585. The first-order chi connectivity index (χ1) is 17.7. The maximum absolute atomic E-state index is 14.4. The van der Waals surface area contributed by atoms with E-state index in [4.69, 9.17) is 10.2 Å². The Kier molecular flexibility index (Phi) is 7.15. The number of amides is 1. The molecule has 1 amide bonds. The van der Waals surface area contributed by atoms with E-state index in [9.17, 15) is 22.3 Å². The molecular formula is C27H22BrF2N2O4S-. The van der Waals surface area contributed by atoms with E-state index in [-0.39, 0.29) is 36.7 Å². The minimum Gasteiger partial charge on any atom is -0.755 e. The molecule has 1 aromatic heterocycles. The van der Waals surface area contributed by atoms with Crippen LogP contribution >= 0.6 is 15.9 Å². The van der Waals surface area contributed by atoms with Crippen LogP contribution in [0.3, 0.4) is 0 Å². The van der Waals surface area contributed by atoms with Gasteiger partial charge in [-0.15, -0.1) is 0 Å². The van der Waals surface area contributed by atoms with Crippen LogP contribution in [0.25, 0.3) is 11.0 Å². The van der Waals surface area contributed by atoms with E-state index < -0.39 is 23.0 Å². The number of nitrogens with two attached hydrogens (primary N) is 1. The Morgan fingerprint density at radius 1 is 1.14 bits per heavy atom. The first-order valence-electron chi connectivity index (χ1n) is 11.7. The number of carbonyl (C=O) groups excluding carboxylic acids is 1. The number of rotatable bonds is 9. The third-order valence-corrected chi connectivity index (χ3v) is 7.73. The summed E-state index contributed by atoms with van der Waals surface area (Å²) in [7, 11) is 0. The van der Waals surface area contributed by atoms with Gasteiger partial charge in [0.15, 0.2) is 0 Å². The third-order valence-electron chi connectivity index (χ3n) is 6.50. The minimum atomic E-state index is -2.64. The molecule has 10 heteroatoms. The van der Waals surface area contributed by atoms with E-state index in [0.29, 0.717) is 32.5 Å². The smallest absolute Gasteiger partial charge is 0.252 e. The number of carbonyl (C=O) groups is 1. The molecule has 192 valence electrons. The van der Waals surface area contributed by atoms with Crippen LogP contribution in [0, 0.1) is 11.6 Å². The summed E-state index contributed by atoms with van der Waals surface area (Å²) in [6.07, 6.45) is 2.13. The molecule has 2 N–H and O–H groups in total. The monoisotopic (exact) mass is 587 g/mol. The van der Waals surface area contributed by atoms with Crippen molar-refractivity contribution in [3.8, 4) is 0 Å². The highest BCUT2D eigenvalue weighted by molar-refractivity contribution is 9.10. The van der Waals surface area contributed by atoms with Crippen LogP contribution in [0.5, 0.6) is 0 Å². The Morgan fingerprint density at radius 2 is 1.86 bits per heavy atom. The highest BCUT2D eigenvalue weighted by Gasteiger charge is 2.31. The van der Waals surface area contributed by atoms with Gasteiger partial charge in [0.1, 0.15) is 23.0 Å². The number of fused-ring (bicyclic) bond motifs is 1. The van der Waals surface area contributed by atoms with Crippen LogP contribution in [0.2, 0.25) is 0 Å². The Balaban J connectivity index is 1.55. The van der Waals surface area contributed by atoms with Gasteiger partial charge in [0, 0.05) is 40.2 Å². The fourth-order valence-electron chi connectivity index (χ4n) is 4.54. The molecule has 0 radical (unpaired) electrons. The quantitative estimate of drug-likeness (QED) is 0.247. The topological polar surface area (TPSA) is 99.6 Å². The molecule has 1 heterocycles. The average Bonchev–Trinajstić information content (AvgIpc) is 3.62. The molecule has 1 saturated carbocycles. The zero-order valence-electron chi connectivity index (χ0n) is 19.5. The van der Waals surface area contributed by atoms with Crippen molar-refractivity contribution in [2.75, 3.05) is 10.8 Å². The van der Waals surface area contributed by atoms with Gasteiger partial charge in [-0.1, -0.05) is 34.1 Å². The molecule has 0 spiro atoms. The summed E-state index contributed by atoms with van der Waals surface area (Å²) < 4.78 is 60.2. The molecule has 0 saturated heterocycles. The number of primary amides is 1. The van der Waals surface area contributed by atoms with Crippen molar-refractivity contribution in [2.45, 2.75) is 31.6 Å². The molecule has 4 aromatic rings. The minimum absolute atomic E-state index is 0.0196. The number of halogens is 3. The predicted octanol–water partition coefficient (Wildman–Crippen LogP) is 5.88. The zero-order chi connectivity index (χ0) is 26.3. The van der Waals surface area contributed by atoms with Crippen LogP contribution in [0.1, 0.15) is 51.6 Å². The van der Waals surface area contributed by atoms with E-state index in [0.717, 1.165) is 24.0 Å². The Bertz CT molecular complexity index is 1520. The van der Waals surface area contributed by atoms with Gasteiger partial charge in [0.2, 0.25) is 0 Å². The standard InChI is InChI=1S/C27H23BrF2N2O4S/c28-18-6-5-17(22(30)12-18)9-10-32(37(34)35)23-14-24-21(13-20(23)16-3-4-16)26(27(31)33)25(36-24)11-15-1-7-19(29)8-2-15/h1-2,5-8,12-14,16H,3-4,9-11H2,(H2,31,33)(H,34,35)/p-1. The summed E-state index contributed by atoms with van der Waals surface area (Å²) in [5.41, 5.74) is 8.57. The molecule has 1 aliphatic rings. The summed E-state index contributed by atoms with van der Waals surface area (Å²) in [4.78, 5) is 12.4. The van der Waals surface area contributed by atoms with Crippen LogP contribution in [0.15, 0.2) is 63.5 Å². The number of nitrogens with zero attached hydrogens (tertiary/aromatic N) is 1. The highest BCUT2D eigenvalue weighted by atomic mass is 79.9. The molecule has 6 nitrogen and oxygen atoms in total. The van der Waals surface area contributed by atoms with Gasteiger partial charge in [-0.3, -0.25) is 9.00 Å². The van der Waals surface area contributed by atoms with E-state index in [2.05, 4.69) is 15.9 Å². The van der Waals surface area contributed by atoms with Crippen LogP contribution in [-0.2, 0) is 24.1 Å². The number of furan rings is 1. The van der Waals surface area contributed by atoms with Gasteiger partial charge in [0.25, 0.3) is 5.91 Å². The van der Waals surface area contributed by atoms with Gasteiger partial charge in [-0.05, 0) is 72.2 Å². The van der Waals surface area contributed by atoms with Gasteiger partial charge in [-0.2, -0.15) is 0 Å². The first kappa shape index (κ1) is 25.6. The van der Waals surface area contributed by atoms with Crippen LogP contribution in [-0.4, -0.2) is 21.2 Å².